The molecule has 1 aromatic carbocycles. The Balaban J connectivity index is 1.45. The molecule has 1 aliphatic carbocycles. The summed E-state index contributed by atoms with van der Waals surface area (Å²) in [6.45, 7) is 2.09. The second-order valence-corrected chi connectivity index (χ2v) is 9.57. The molecule has 0 spiro atoms. The van der Waals surface area contributed by atoms with E-state index >= 15 is 0 Å². The number of piperidine rings is 1. The lowest BCUT2D eigenvalue weighted by molar-refractivity contribution is 0.140. The van der Waals surface area contributed by atoms with Crippen LogP contribution in [0.3, 0.4) is 0 Å². The number of hydrogen-bond acceptors (Lipinski definition) is 5. The number of benzene rings is 1. The number of likely N-dealkylation sites (tertiary alicyclic amines) is 1. The van der Waals surface area contributed by atoms with Gasteiger partial charge in [-0.15, -0.1) is 0 Å². The summed E-state index contributed by atoms with van der Waals surface area (Å²) < 4.78 is 22.5. The van der Waals surface area contributed by atoms with Crippen LogP contribution in [0.4, 0.5) is 4.79 Å². The van der Waals surface area contributed by atoms with E-state index in [9.17, 15) is 18.3 Å². The normalized spacial score (nSPS) is 24.2. The molecule has 1 fully saturated rings. The van der Waals surface area contributed by atoms with Gasteiger partial charge in [-0.05, 0) is 24.0 Å². The molecule has 3 rings (SSSR count). The van der Waals surface area contributed by atoms with E-state index in [4.69, 9.17) is 0 Å². The van der Waals surface area contributed by atoms with E-state index in [2.05, 4.69) is 15.5 Å². The monoisotopic (exact) mass is 381 g/mol. The molecular formula is C18H27N3O4S. The lowest BCUT2D eigenvalue weighted by Gasteiger charge is -2.32. The first kappa shape index (κ1) is 19.1. The Morgan fingerprint density at radius 2 is 1.92 bits per heavy atom. The zero-order valence-electron chi connectivity index (χ0n) is 15.0. The Kier molecular flexibility index (Phi) is 5.84. The van der Waals surface area contributed by atoms with Crippen LogP contribution in [0.2, 0.25) is 0 Å². The molecule has 7 nitrogen and oxygen atoms in total. The van der Waals surface area contributed by atoms with Crippen molar-refractivity contribution < 1.29 is 18.3 Å². The van der Waals surface area contributed by atoms with Gasteiger partial charge in [0.1, 0.15) is 9.84 Å². The molecule has 144 valence electrons. The van der Waals surface area contributed by atoms with Crippen LogP contribution in [0.25, 0.3) is 0 Å². The van der Waals surface area contributed by atoms with Gasteiger partial charge in [-0.3, -0.25) is 0 Å². The van der Waals surface area contributed by atoms with E-state index in [0.29, 0.717) is 13.0 Å². The number of sulfone groups is 1. The van der Waals surface area contributed by atoms with E-state index in [1.165, 1.54) is 6.26 Å². The topological polar surface area (TPSA) is 98.7 Å². The molecule has 3 N–H and O–H groups in total. The molecule has 8 heteroatoms. The molecule has 0 unspecified atom stereocenters. The Hall–Kier alpha value is -1.64. The highest BCUT2D eigenvalue weighted by atomic mass is 32.2. The number of aliphatic hydroxyl groups excluding tert-OH is 1. The molecule has 0 bridgehead atoms. The molecule has 26 heavy (non-hydrogen) atoms. The summed E-state index contributed by atoms with van der Waals surface area (Å²) in [7, 11) is -2.94. The van der Waals surface area contributed by atoms with Crippen molar-refractivity contribution in [3.05, 3.63) is 35.4 Å². The summed E-state index contributed by atoms with van der Waals surface area (Å²) in [6, 6.07) is 7.20. The largest absolute Gasteiger partial charge is 0.390 e. The molecule has 2 atom stereocenters. The van der Waals surface area contributed by atoms with Crippen LogP contribution < -0.4 is 10.6 Å². The third-order valence-corrected chi connectivity index (χ3v) is 6.12. The van der Waals surface area contributed by atoms with Gasteiger partial charge in [-0.25, -0.2) is 13.2 Å². The van der Waals surface area contributed by atoms with E-state index in [0.717, 1.165) is 37.1 Å². The average molecular weight is 381 g/mol. The molecule has 0 aromatic heterocycles. The van der Waals surface area contributed by atoms with Gasteiger partial charge in [0.15, 0.2) is 0 Å². The minimum Gasteiger partial charge on any atom is -0.390 e. The molecule has 0 radical (unpaired) electrons. The van der Waals surface area contributed by atoms with Gasteiger partial charge in [-0.2, -0.15) is 0 Å². The molecule has 1 aromatic rings. The molecular weight excluding hydrogens is 354 g/mol. The van der Waals surface area contributed by atoms with Crippen LogP contribution >= 0.6 is 0 Å². The Labute approximate surface area is 154 Å². The van der Waals surface area contributed by atoms with Crippen molar-refractivity contribution in [3.8, 4) is 0 Å². The summed E-state index contributed by atoms with van der Waals surface area (Å²) in [4.78, 5) is 14.5. The van der Waals surface area contributed by atoms with Crippen LogP contribution in [-0.2, 0) is 16.3 Å². The number of urea groups is 1. The predicted molar refractivity (Wildman–Crippen MR) is 99.7 cm³/mol. The maximum absolute atomic E-state index is 12.3. The van der Waals surface area contributed by atoms with Crippen LogP contribution in [0, 0.1) is 0 Å². The standard InChI is InChI=1S/C18H27N3O4S/c1-26(24,25)11-10-21-8-6-14(7-9-21)19-18(23)20-17-15-5-3-2-4-13(15)12-16(17)22/h2-5,14,16-17,22H,6-12H2,1H3,(H2,19,20,23)/t16-,17+/m1/s1. The fraction of sp³-hybridized carbons (Fsp3) is 0.611. The number of nitrogens with one attached hydrogen (secondary N) is 2. The van der Waals surface area contributed by atoms with E-state index in [-0.39, 0.29) is 23.9 Å². The lowest BCUT2D eigenvalue weighted by atomic mass is 10.1. The number of carbonyl (C=O) groups excluding carboxylic acids is 1. The number of nitrogens with zero attached hydrogens (tertiary/aromatic N) is 1. The molecule has 0 saturated carbocycles. The SMILES string of the molecule is CS(=O)(=O)CCN1CCC(NC(=O)N[C@H]2c3ccccc3C[C@H]2O)CC1. The average Bonchev–Trinajstić information content (AvgIpc) is 2.89. The molecule has 1 aliphatic heterocycles. The van der Waals surface area contributed by atoms with Crippen LogP contribution in [0.1, 0.15) is 30.0 Å². The Morgan fingerprint density at radius 1 is 1.23 bits per heavy atom. The third-order valence-electron chi connectivity index (χ3n) is 5.19. The number of hydrogen-bond donors (Lipinski definition) is 3. The fourth-order valence-corrected chi connectivity index (χ4v) is 4.30. The number of carbonyl (C=O) groups is 1. The van der Waals surface area contributed by atoms with Crippen LogP contribution in [0.5, 0.6) is 0 Å². The zero-order valence-corrected chi connectivity index (χ0v) is 15.8. The maximum atomic E-state index is 12.3. The highest BCUT2D eigenvalue weighted by Crippen LogP contribution is 2.31. The second kappa shape index (κ2) is 7.94. The van der Waals surface area contributed by atoms with E-state index < -0.39 is 15.9 Å². The van der Waals surface area contributed by atoms with E-state index in [1.807, 2.05) is 24.3 Å². The van der Waals surface area contributed by atoms with Gasteiger partial charge >= 0.3 is 6.03 Å². The fourth-order valence-electron chi connectivity index (χ4n) is 3.71. The first-order valence-electron chi connectivity index (χ1n) is 9.05. The van der Waals surface area contributed by atoms with Crippen LogP contribution in [0.15, 0.2) is 24.3 Å². The maximum Gasteiger partial charge on any atom is 0.315 e. The number of rotatable bonds is 5. The first-order valence-corrected chi connectivity index (χ1v) is 11.1. The zero-order chi connectivity index (χ0) is 18.7. The van der Waals surface area contributed by atoms with Crippen molar-refractivity contribution >= 4 is 15.9 Å². The summed E-state index contributed by atoms with van der Waals surface area (Å²) >= 11 is 0. The minimum atomic E-state index is -2.94. The van der Waals surface area contributed by atoms with E-state index in [1.54, 1.807) is 0 Å². The number of aliphatic hydroxyl groups is 1. The van der Waals surface area contributed by atoms with Gasteiger partial charge in [0.25, 0.3) is 0 Å². The molecule has 1 heterocycles. The summed E-state index contributed by atoms with van der Waals surface area (Å²) in [5.74, 6) is 0.171. The highest BCUT2D eigenvalue weighted by molar-refractivity contribution is 7.90. The quantitative estimate of drug-likeness (QED) is 0.688. The number of amides is 2. The van der Waals surface area contributed by atoms with Crippen molar-refractivity contribution in [1.29, 1.82) is 0 Å². The Bertz CT molecular complexity index is 745. The summed E-state index contributed by atoms with van der Waals surface area (Å²) in [5, 5.41) is 16.1. The van der Waals surface area contributed by atoms with Crippen molar-refractivity contribution in [2.24, 2.45) is 0 Å². The van der Waals surface area contributed by atoms with Crippen molar-refractivity contribution in [1.82, 2.24) is 15.5 Å². The van der Waals surface area contributed by atoms with Crippen molar-refractivity contribution in [3.63, 3.8) is 0 Å². The first-order chi connectivity index (χ1) is 12.3. The second-order valence-electron chi connectivity index (χ2n) is 7.31. The number of fused-ring (bicyclic) bond motifs is 1. The van der Waals surface area contributed by atoms with Gasteiger partial charge in [0.2, 0.25) is 0 Å². The molecule has 1 saturated heterocycles. The smallest absolute Gasteiger partial charge is 0.315 e. The van der Waals surface area contributed by atoms with Gasteiger partial charge in [-0.1, -0.05) is 24.3 Å². The highest BCUT2D eigenvalue weighted by Gasteiger charge is 2.32. The minimum absolute atomic E-state index is 0.0678. The van der Waals surface area contributed by atoms with Crippen molar-refractivity contribution in [2.75, 3.05) is 31.6 Å². The van der Waals surface area contributed by atoms with Gasteiger partial charge in [0.05, 0.1) is 17.9 Å². The third kappa shape index (κ3) is 4.96. The molecule has 2 aliphatic rings. The lowest BCUT2D eigenvalue weighted by Crippen LogP contribution is -2.49. The van der Waals surface area contributed by atoms with Gasteiger partial charge < -0.3 is 20.6 Å². The van der Waals surface area contributed by atoms with Crippen LogP contribution in [-0.4, -0.2) is 68.2 Å². The Morgan fingerprint density at radius 3 is 2.62 bits per heavy atom. The molecule has 2 amide bonds. The predicted octanol–water partition coefficient (Wildman–Crippen LogP) is 0.453. The summed E-state index contributed by atoms with van der Waals surface area (Å²) in [5.41, 5.74) is 2.05. The van der Waals surface area contributed by atoms with Crippen molar-refractivity contribution in [2.45, 2.75) is 37.5 Å². The van der Waals surface area contributed by atoms with Gasteiger partial charge in [0, 0.05) is 38.4 Å². The summed E-state index contributed by atoms with van der Waals surface area (Å²) in [6.07, 6.45) is 2.79.